The van der Waals surface area contributed by atoms with Gasteiger partial charge >= 0.3 is 5.97 Å². The number of aliphatic hydroxyl groups excluding tert-OH is 1. The second-order valence-corrected chi connectivity index (χ2v) is 8.54. The number of amides is 1. The van der Waals surface area contributed by atoms with Crippen molar-refractivity contribution < 1.29 is 29.3 Å². The van der Waals surface area contributed by atoms with Crippen LogP contribution in [0, 0.1) is 16.7 Å². The number of β-amino-alcohol motifs (C(OH)–C–C–N with tert-alkyl or cyclic N) is 1. The van der Waals surface area contributed by atoms with Gasteiger partial charge in [0, 0.05) is 0 Å². The number of hydrogen-bond donors (Lipinski definition) is 2. The molecule has 0 radical (unpaired) electrons. The molecule has 0 spiro atoms. The summed E-state index contributed by atoms with van der Waals surface area (Å²) >= 11 is 0. The second-order valence-electron chi connectivity index (χ2n) is 8.54. The highest BCUT2D eigenvalue weighted by atomic mass is 16.5. The number of hydrogen-bond acceptors (Lipinski definition) is 6. The first kappa shape index (κ1) is 22.1. The summed E-state index contributed by atoms with van der Waals surface area (Å²) in [5.74, 6) is -1.10. The number of rotatable bonds is 6. The molecular formula is C23H24N2O6. The highest BCUT2D eigenvalue weighted by Gasteiger charge is 2.33. The van der Waals surface area contributed by atoms with E-state index in [0.717, 1.165) is 0 Å². The highest BCUT2D eigenvalue weighted by Crippen LogP contribution is 2.42. The highest BCUT2D eigenvalue weighted by molar-refractivity contribution is 6.11. The van der Waals surface area contributed by atoms with Gasteiger partial charge in [0.25, 0.3) is 5.91 Å². The van der Waals surface area contributed by atoms with Crippen LogP contribution in [0.25, 0.3) is 0 Å². The number of carboxylic acid groups (broad SMARTS) is 1. The van der Waals surface area contributed by atoms with Crippen LogP contribution in [0.5, 0.6) is 17.2 Å². The fourth-order valence-corrected chi connectivity index (χ4v) is 3.48. The van der Waals surface area contributed by atoms with Crippen molar-refractivity contribution in [2.75, 3.05) is 18.1 Å². The zero-order valence-electron chi connectivity index (χ0n) is 17.6. The molecule has 8 nitrogen and oxygen atoms in total. The van der Waals surface area contributed by atoms with E-state index in [0.29, 0.717) is 23.4 Å². The van der Waals surface area contributed by atoms with E-state index in [9.17, 15) is 20.0 Å². The monoisotopic (exact) mass is 424 g/mol. The summed E-state index contributed by atoms with van der Waals surface area (Å²) in [5, 5.41) is 29.0. The van der Waals surface area contributed by atoms with E-state index in [1.807, 2.05) is 26.8 Å². The van der Waals surface area contributed by atoms with Gasteiger partial charge in [-0.05, 0) is 42.2 Å². The van der Waals surface area contributed by atoms with E-state index in [4.69, 9.17) is 14.6 Å². The molecule has 1 aliphatic rings. The van der Waals surface area contributed by atoms with Crippen molar-refractivity contribution in [3.8, 4) is 23.3 Å². The molecule has 1 aliphatic heterocycles. The average Bonchev–Trinajstić information content (AvgIpc) is 2.79. The number of fused-ring (bicyclic) bond motifs is 2. The number of nitriles is 1. The van der Waals surface area contributed by atoms with Crippen molar-refractivity contribution in [1.82, 2.24) is 0 Å². The zero-order chi connectivity index (χ0) is 22.8. The largest absolute Gasteiger partial charge is 0.481 e. The van der Waals surface area contributed by atoms with Gasteiger partial charge in [0.15, 0.2) is 12.4 Å². The third kappa shape index (κ3) is 5.13. The van der Waals surface area contributed by atoms with Crippen LogP contribution in [0.4, 0.5) is 5.69 Å². The van der Waals surface area contributed by atoms with Crippen molar-refractivity contribution >= 4 is 17.6 Å². The Hall–Kier alpha value is -3.57. The van der Waals surface area contributed by atoms with Crippen LogP contribution in [-0.4, -0.2) is 41.3 Å². The number of anilines is 1. The molecule has 1 atom stereocenters. The maximum Gasteiger partial charge on any atom is 0.341 e. The van der Waals surface area contributed by atoms with Crippen molar-refractivity contribution in [3.05, 3.63) is 47.5 Å². The predicted molar refractivity (Wildman–Crippen MR) is 113 cm³/mol. The van der Waals surface area contributed by atoms with E-state index in [2.05, 4.69) is 0 Å². The number of nitrogens with zero attached hydrogens (tertiary/aromatic N) is 2. The summed E-state index contributed by atoms with van der Waals surface area (Å²) in [6.07, 6.45) is -0.397. The van der Waals surface area contributed by atoms with Gasteiger partial charge in [-0.2, -0.15) is 5.26 Å². The first-order valence-corrected chi connectivity index (χ1v) is 9.78. The topological polar surface area (TPSA) is 120 Å². The first-order chi connectivity index (χ1) is 14.6. The van der Waals surface area contributed by atoms with E-state index in [-0.39, 0.29) is 29.0 Å². The summed E-state index contributed by atoms with van der Waals surface area (Å²) in [5.41, 5.74) is 0.563. The van der Waals surface area contributed by atoms with E-state index < -0.39 is 24.6 Å². The van der Waals surface area contributed by atoms with Crippen molar-refractivity contribution in [2.24, 2.45) is 5.41 Å². The average molecular weight is 424 g/mol. The number of carboxylic acids is 1. The number of carbonyl (C=O) groups is 2. The minimum atomic E-state index is -1.18. The van der Waals surface area contributed by atoms with Crippen LogP contribution in [0.1, 0.15) is 43.1 Å². The van der Waals surface area contributed by atoms with E-state index in [1.54, 1.807) is 24.3 Å². The van der Waals surface area contributed by atoms with Crippen molar-refractivity contribution in [3.63, 3.8) is 0 Å². The smallest absolute Gasteiger partial charge is 0.341 e. The molecule has 1 amide bonds. The molecule has 1 heterocycles. The molecule has 0 bridgehead atoms. The van der Waals surface area contributed by atoms with Gasteiger partial charge in [-0.15, -0.1) is 0 Å². The second kappa shape index (κ2) is 8.66. The van der Waals surface area contributed by atoms with Gasteiger partial charge in [0.2, 0.25) is 0 Å². The number of aliphatic carboxylic acids is 1. The molecule has 1 unspecified atom stereocenters. The summed E-state index contributed by atoms with van der Waals surface area (Å²) < 4.78 is 11.3. The van der Waals surface area contributed by atoms with E-state index >= 15 is 0 Å². The third-order valence-corrected chi connectivity index (χ3v) is 4.64. The zero-order valence-corrected chi connectivity index (χ0v) is 17.6. The fourth-order valence-electron chi connectivity index (χ4n) is 3.48. The van der Waals surface area contributed by atoms with Gasteiger partial charge in [-0.25, -0.2) is 4.79 Å². The normalized spacial score (nSPS) is 13.9. The molecule has 0 saturated carbocycles. The maximum absolute atomic E-state index is 13.6. The Kier molecular flexibility index (Phi) is 6.18. The molecular weight excluding hydrogens is 400 g/mol. The van der Waals surface area contributed by atoms with Crippen LogP contribution in [0.3, 0.4) is 0 Å². The first-order valence-electron chi connectivity index (χ1n) is 9.78. The minimum absolute atomic E-state index is 0.0337. The Labute approximate surface area is 180 Å². The molecule has 3 rings (SSSR count). The summed E-state index contributed by atoms with van der Waals surface area (Å²) in [6, 6.07) is 11.4. The fraction of sp³-hybridized carbons (Fsp3) is 0.348. The number of benzene rings is 2. The molecule has 8 heteroatoms. The van der Waals surface area contributed by atoms with Crippen LogP contribution in [0.15, 0.2) is 36.4 Å². The van der Waals surface area contributed by atoms with Gasteiger partial charge in [-0.3, -0.25) is 4.79 Å². The van der Waals surface area contributed by atoms with Gasteiger partial charge in [0.1, 0.15) is 17.1 Å². The standard InChI is InChI=1S/C23H24N2O6/c1-23(2,3)10-15(26)12-25-16-9-14(11-24)7-8-17(16)31-19-6-4-5-18(21(19)22(25)29)30-13-20(27)28/h4-9,15,26H,10,12-13H2,1-3H3,(H,27,28). The Morgan fingerprint density at radius 1 is 1.26 bits per heavy atom. The van der Waals surface area contributed by atoms with Gasteiger partial charge < -0.3 is 24.6 Å². The minimum Gasteiger partial charge on any atom is -0.481 e. The van der Waals surface area contributed by atoms with Crippen LogP contribution >= 0.6 is 0 Å². The molecule has 2 aromatic rings. The molecule has 162 valence electrons. The number of carbonyl (C=O) groups excluding carboxylic acids is 1. The SMILES string of the molecule is CC(C)(C)CC(O)CN1C(=O)c2c(OCC(=O)O)cccc2Oc2ccc(C#N)cc21. The van der Waals surface area contributed by atoms with Crippen LogP contribution in [-0.2, 0) is 4.79 Å². The Morgan fingerprint density at radius 2 is 2.00 bits per heavy atom. The molecule has 0 aliphatic carbocycles. The summed E-state index contributed by atoms with van der Waals surface area (Å²) in [6.45, 7) is 5.30. The Balaban J connectivity index is 2.09. The number of ether oxygens (including phenoxy) is 2. The maximum atomic E-state index is 13.6. The van der Waals surface area contributed by atoms with Crippen LogP contribution < -0.4 is 14.4 Å². The molecule has 2 aromatic carbocycles. The van der Waals surface area contributed by atoms with E-state index in [1.165, 1.54) is 17.0 Å². The third-order valence-electron chi connectivity index (χ3n) is 4.64. The lowest BCUT2D eigenvalue weighted by atomic mass is 9.89. The Morgan fingerprint density at radius 3 is 2.65 bits per heavy atom. The number of aliphatic hydroxyl groups is 1. The Bertz CT molecular complexity index is 1050. The molecule has 31 heavy (non-hydrogen) atoms. The molecule has 2 N–H and O–H groups in total. The lowest BCUT2D eigenvalue weighted by Crippen LogP contribution is -2.39. The van der Waals surface area contributed by atoms with Crippen molar-refractivity contribution in [2.45, 2.75) is 33.3 Å². The summed E-state index contributed by atoms with van der Waals surface area (Å²) in [7, 11) is 0. The molecule has 0 fully saturated rings. The summed E-state index contributed by atoms with van der Waals surface area (Å²) in [4.78, 5) is 25.9. The quantitative estimate of drug-likeness (QED) is 0.727. The predicted octanol–water partition coefficient (Wildman–Crippen LogP) is 3.57. The lowest BCUT2D eigenvalue weighted by molar-refractivity contribution is -0.139. The molecule has 0 aromatic heterocycles. The van der Waals surface area contributed by atoms with Crippen LogP contribution in [0.2, 0.25) is 0 Å². The van der Waals surface area contributed by atoms with Gasteiger partial charge in [0.05, 0.1) is 30.0 Å². The van der Waals surface area contributed by atoms with Crippen molar-refractivity contribution in [1.29, 1.82) is 5.26 Å². The van der Waals surface area contributed by atoms with Gasteiger partial charge in [-0.1, -0.05) is 26.8 Å². The lowest BCUT2D eigenvalue weighted by Gasteiger charge is -2.28. The molecule has 0 saturated heterocycles.